The van der Waals surface area contributed by atoms with Crippen LogP contribution in [0.5, 0.6) is 5.75 Å². The molecule has 1 aliphatic carbocycles. The normalized spacial score (nSPS) is 27.4. The van der Waals surface area contributed by atoms with Crippen LogP contribution in [-0.2, 0) is 0 Å². The number of nitrogens with zero attached hydrogens (tertiary/aromatic N) is 2. The number of likely N-dealkylation sites (N-methyl/N-ethyl adjacent to an activating group) is 1. The molecular formula is C21H33N3O. The zero-order valence-corrected chi connectivity index (χ0v) is 15.8. The quantitative estimate of drug-likeness (QED) is 0.890. The van der Waals surface area contributed by atoms with Crippen molar-refractivity contribution in [2.75, 3.05) is 46.3 Å². The topological polar surface area (TPSA) is 27.7 Å². The van der Waals surface area contributed by atoms with Crippen molar-refractivity contribution in [1.29, 1.82) is 0 Å². The first-order chi connectivity index (χ1) is 12.1. The van der Waals surface area contributed by atoms with E-state index in [0.717, 1.165) is 18.7 Å². The van der Waals surface area contributed by atoms with Gasteiger partial charge in [0.1, 0.15) is 11.4 Å². The maximum atomic E-state index is 6.37. The molecule has 1 saturated heterocycles. The van der Waals surface area contributed by atoms with Crippen LogP contribution in [0.1, 0.15) is 44.2 Å². The molecule has 0 radical (unpaired) electrons. The minimum atomic E-state index is 0.118. The summed E-state index contributed by atoms with van der Waals surface area (Å²) < 4.78 is 6.37. The minimum Gasteiger partial charge on any atom is -0.487 e. The van der Waals surface area contributed by atoms with Gasteiger partial charge in [-0.05, 0) is 44.8 Å². The number of ether oxygens (including phenoxy) is 1. The molecule has 2 aliphatic heterocycles. The van der Waals surface area contributed by atoms with Gasteiger partial charge in [-0.1, -0.05) is 25.1 Å². The molecule has 1 spiro atoms. The summed E-state index contributed by atoms with van der Waals surface area (Å²) in [5.41, 5.74) is 1.47. The summed E-state index contributed by atoms with van der Waals surface area (Å²) >= 11 is 0. The van der Waals surface area contributed by atoms with Crippen molar-refractivity contribution in [2.24, 2.45) is 5.92 Å². The summed E-state index contributed by atoms with van der Waals surface area (Å²) in [4.78, 5) is 5.05. The molecule has 0 bridgehead atoms. The Kier molecular flexibility index (Phi) is 5.03. The first kappa shape index (κ1) is 17.3. The van der Waals surface area contributed by atoms with Crippen LogP contribution >= 0.6 is 0 Å². The lowest BCUT2D eigenvalue weighted by atomic mass is 9.73. The highest BCUT2D eigenvalue weighted by atomic mass is 16.5. The Balaban J connectivity index is 1.34. The van der Waals surface area contributed by atoms with E-state index < -0.39 is 0 Å². The van der Waals surface area contributed by atoms with Crippen LogP contribution in [0.3, 0.4) is 0 Å². The number of piperazine rings is 1. The molecule has 1 saturated carbocycles. The van der Waals surface area contributed by atoms with Gasteiger partial charge in [-0.2, -0.15) is 0 Å². The second-order valence-corrected chi connectivity index (χ2v) is 8.55. The lowest BCUT2D eigenvalue weighted by molar-refractivity contribution is -0.0372. The Morgan fingerprint density at radius 1 is 1.20 bits per heavy atom. The molecule has 0 amide bonds. The predicted octanol–water partition coefficient (Wildman–Crippen LogP) is 2.91. The average molecular weight is 344 g/mol. The standard InChI is InChI=1S/C21H33N3O/c1-17(16-24-12-10-23(2)11-13-24)15-22-19-14-21(8-5-9-21)25-20-7-4-3-6-18(19)20/h3-4,6-7,17,19,22H,5,8-16H2,1-2H3/t17-,19+/m0/s1. The van der Waals surface area contributed by atoms with Gasteiger partial charge in [-0.3, -0.25) is 0 Å². The lowest BCUT2D eigenvalue weighted by Gasteiger charge is -2.48. The number of fused-ring (bicyclic) bond motifs is 1. The van der Waals surface area contributed by atoms with Gasteiger partial charge in [0.2, 0.25) is 0 Å². The van der Waals surface area contributed by atoms with Crippen LogP contribution in [0, 0.1) is 5.92 Å². The molecule has 2 fully saturated rings. The van der Waals surface area contributed by atoms with Crippen LogP contribution < -0.4 is 10.1 Å². The number of nitrogens with one attached hydrogen (secondary N) is 1. The molecule has 4 nitrogen and oxygen atoms in total. The van der Waals surface area contributed by atoms with E-state index >= 15 is 0 Å². The third-order valence-electron chi connectivity index (χ3n) is 6.34. The predicted molar refractivity (Wildman–Crippen MR) is 102 cm³/mol. The third kappa shape index (κ3) is 3.86. The highest BCUT2D eigenvalue weighted by molar-refractivity contribution is 5.39. The molecule has 1 N–H and O–H groups in total. The zero-order valence-electron chi connectivity index (χ0n) is 15.8. The summed E-state index contributed by atoms with van der Waals surface area (Å²) in [6.07, 6.45) is 4.88. The van der Waals surface area contributed by atoms with E-state index in [1.165, 1.54) is 57.5 Å². The molecule has 1 aromatic rings. The van der Waals surface area contributed by atoms with Crippen molar-refractivity contribution in [3.8, 4) is 5.75 Å². The first-order valence-electron chi connectivity index (χ1n) is 10.1. The number of hydrogen-bond acceptors (Lipinski definition) is 4. The first-order valence-corrected chi connectivity index (χ1v) is 10.1. The van der Waals surface area contributed by atoms with Crippen LogP contribution in [0.15, 0.2) is 24.3 Å². The summed E-state index contributed by atoms with van der Waals surface area (Å²) in [6, 6.07) is 9.08. The van der Waals surface area contributed by atoms with Gasteiger partial charge in [0.15, 0.2) is 0 Å². The Morgan fingerprint density at radius 2 is 1.96 bits per heavy atom. The zero-order chi connectivity index (χ0) is 17.3. The van der Waals surface area contributed by atoms with Gasteiger partial charge < -0.3 is 19.9 Å². The maximum Gasteiger partial charge on any atom is 0.124 e. The number of rotatable bonds is 5. The van der Waals surface area contributed by atoms with E-state index in [4.69, 9.17) is 4.74 Å². The summed E-state index contributed by atoms with van der Waals surface area (Å²) in [6.45, 7) is 9.51. The van der Waals surface area contributed by atoms with E-state index in [1.54, 1.807) is 0 Å². The Hall–Kier alpha value is -1.10. The van der Waals surface area contributed by atoms with Crippen molar-refractivity contribution in [3.05, 3.63) is 29.8 Å². The van der Waals surface area contributed by atoms with E-state index in [9.17, 15) is 0 Å². The van der Waals surface area contributed by atoms with Gasteiger partial charge in [-0.25, -0.2) is 0 Å². The molecule has 4 heteroatoms. The summed E-state index contributed by atoms with van der Waals surface area (Å²) in [5.74, 6) is 1.79. The molecule has 1 aromatic carbocycles. The fourth-order valence-corrected chi connectivity index (χ4v) is 4.56. The molecule has 4 rings (SSSR count). The molecule has 0 unspecified atom stereocenters. The SMILES string of the molecule is C[C@@H](CN[C@@H]1CC2(CCC2)Oc2ccccc21)CN1CCN(C)CC1. The van der Waals surface area contributed by atoms with Crippen LogP contribution in [-0.4, -0.2) is 61.7 Å². The highest BCUT2D eigenvalue weighted by Gasteiger charge is 2.45. The van der Waals surface area contributed by atoms with Crippen molar-refractivity contribution < 1.29 is 4.74 Å². The molecule has 2 atom stereocenters. The minimum absolute atomic E-state index is 0.118. The fraction of sp³-hybridized carbons (Fsp3) is 0.714. The maximum absolute atomic E-state index is 6.37. The second-order valence-electron chi connectivity index (χ2n) is 8.55. The molecular weight excluding hydrogens is 310 g/mol. The van der Waals surface area contributed by atoms with Gasteiger partial charge in [0.25, 0.3) is 0 Å². The van der Waals surface area contributed by atoms with E-state index in [2.05, 4.69) is 53.4 Å². The van der Waals surface area contributed by atoms with Crippen molar-refractivity contribution in [3.63, 3.8) is 0 Å². The molecule has 0 aromatic heterocycles. The number of benzene rings is 1. The van der Waals surface area contributed by atoms with Gasteiger partial charge in [0, 0.05) is 50.7 Å². The van der Waals surface area contributed by atoms with E-state index in [1.807, 2.05) is 0 Å². The van der Waals surface area contributed by atoms with E-state index in [-0.39, 0.29) is 5.60 Å². The van der Waals surface area contributed by atoms with Crippen molar-refractivity contribution >= 4 is 0 Å². The number of para-hydroxylation sites is 1. The Bertz CT molecular complexity index is 578. The lowest BCUT2D eigenvalue weighted by Crippen LogP contribution is -2.50. The van der Waals surface area contributed by atoms with Crippen molar-refractivity contribution in [2.45, 2.75) is 44.2 Å². The molecule has 138 valence electrons. The highest BCUT2D eigenvalue weighted by Crippen LogP contribution is 2.48. The largest absolute Gasteiger partial charge is 0.487 e. The van der Waals surface area contributed by atoms with Gasteiger partial charge >= 0.3 is 0 Å². The van der Waals surface area contributed by atoms with Gasteiger partial charge in [-0.15, -0.1) is 0 Å². The van der Waals surface area contributed by atoms with E-state index in [0.29, 0.717) is 12.0 Å². The third-order valence-corrected chi connectivity index (χ3v) is 6.34. The Morgan fingerprint density at radius 3 is 2.68 bits per heavy atom. The van der Waals surface area contributed by atoms with Gasteiger partial charge in [0.05, 0.1) is 0 Å². The summed E-state index contributed by atoms with van der Waals surface area (Å²) in [7, 11) is 2.22. The molecule has 25 heavy (non-hydrogen) atoms. The summed E-state index contributed by atoms with van der Waals surface area (Å²) in [5, 5.41) is 3.88. The van der Waals surface area contributed by atoms with Crippen LogP contribution in [0.2, 0.25) is 0 Å². The number of hydrogen-bond donors (Lipinski definition) is 1. The molecule has 3 aliphatic rings. The smallest absolute Gasteiger partial charge is 0.124 e. The average Bonchev–Trinajstić information content (AvgIpc) is 2.60. The fourth-order valence-electron chi connectivity index (χ4n) is 4.56. The molecule has 2 heterocycles. The van der Waals surface area contributed by atoms with Crippen LogP contribution in [0.25, 0.3) is 0 Å². The van der Waals surface area contributed by atoms with Crippen molar-refractivity contribution in [1.82, 2.24) is 15.1 Å². The second kappa shape index (κ2) is 7.26. The monoisotopic (exact) mass is 343 g/mol. The van der Waals surface area contributed by atoms with Crippen LogP contribution in [0.4, 0.5) is 0 Å². The Labute approximate surface area is 152 Å².